The van der Waals surface area contributed by atoms with Crippen LogP contribution >= 0.6 is 0 Å². The lowest BCUT2D eigenvalue weighted by Gasteiger charge is -2.00. The Labute approximate surface area is 80.0 Å². The lowest BCUT2D eigenvalue weighted by molar-refractivity contribution is 0.0599. The Morgan fingerprint density at radius 2 is 2.21 bits per heavy atom. The number of hydrogen-bond donors (Lipinski definition) is 2. The van der Waals surface area contributed by atoms with Gasteiger partial charge in [-0.05, 0) is 12.1 Å². The molecule has 0 fully saturated rings. The number of nitrogen functional groups attached to an aromatic ring is 1. The maximum Gasteiger partial charge on any atom is 0.339 e. The molecule has 1 aromatic heterocycles. The maximum atomic E-state index is 11.0. The summed E-state index contributed by atoms with van der Waals surface area (Å²) in [7, 11) is 1.27. The lowest BCUT2D eigenvalue weighted by atomic mass is 10.2. The molecule has 0 saturated heterocycles. The van der Waals surface area contributed by atoms with E-state index < -0.39 is 11.9 Å². The van der Waals surface area contributed by atoms with E-state index >= 15 is 0 Å². The first-order valence-electron chi connectivity index (χ1n) is 3.74. The summed E-state index contributed by atoms with van der Waals surface area (Å²) >= 11 is 0. The molecule has 3 N–H and O–H groups in total. The van der Waals surface area contributed by atoms with Crippen molar-refractivity contribution in [1.82, 2.24) is 10.4 Å². The number of esters is 1. The summed E-state index contributed by atoms with van der Waals surface area (Å²) in [6.45, 7) is 0. The van der Waals surface area contributed by atoms with E-state index in [-0.39, 0.29) is 11.3 Å². The Kier molecular flexibility index (Phi) is 3.14. The second-order valence-electron chi connectivity index (χ2n) is 2.40. The Morgan fingerprint density at radius 1 is 1.50 bits per heavy atom. The van der Waals surface area contributed by atoms with Gasteiger partial charge in [0.1, 0.15) is 5.69 Å². The second-order valence-corrected chi connectivity index (χ2v) is 2.40. The number of hydrogen-bond acceptors (Lipinski definition) is 5. The van der Waals surface area contributed by atoms with Gasteiger partial charge in [-0.1, -0.05) is 0 Å². The highest BCUT2D eigenvalue weighted by molar-refractivity contribution is 5.93. The highest BCUT2D eigenvalue weighted by atomic mass is 16.5. The van der Waals surface area contributed by atoms with Crippen LogP contribution in [0.5, 0.6) is 0 Å². The number of methoxy groups -OCH3 is 1. The third-order valence-corrected chi connectivity index (χ3v) is 1.55. The van der Waals surface area contributed by atoms with Crippen molar-refractivity contribution in [2.45, 2.75) is 0 Å². The van der Waals surface area contributed by atoms with E-state index in [1.165, 1.54) is 25.4 Å². The normalized spacial score (nSPS) is 9.29. The standard InChI is InChI=1S/C8H9N3O3/c1-14-8(13)5-2-3-6(10-4-5)7(12)11-9/h2-4H,9H2,1H3,(H,11,12). The summed E-state index contributed by atoms with van der Waals surface area (Å²) in [6, 6.07) is 2.82. The number of nitrogens with zero attached hydrogens (tertiary/aromatic N) is 1. The molecule has 0 atom stereocenters. The molecule has 0 aliphatic rings. The molecule has 6 nitrogen and oxygen atoms in total. The van der Waals surface area contributed by atoms with E-state index in [1.54, 1.807) is 0 Å². The molecule has 74 valence electrons. The SMILES string of the molecule is COC(=O)c1ccc(C(=O)NN)nc1. The molecule has 0 aliphatic heterocycles. The van der Waals surface area contributed by atoms with Crippen LogP contribution < -0.4 is 11.3 Å². The summed E-state index contributed by atoms with van der Waals surface area (Å²) in [5.74, 6) is 3.88. The summed E-state index contributed by atoms with van der Waals surface area (Å²) in [6.07, 6.45) is 1.25. The van der Waals surface area contributed by atoms with E-state index in [0.717, 1.165) is 0 Å². The number of pyridine rings is 1. The first kappa shape index (κ1) is 10.1. The number of hydrazine groups is 1. The number of nitrogens with one attached hydrogen (secondary N) is 1. The average Bonchev–Trinajstić information content (AvgIpc) is 2.27. The van der Waals surface area contributed by atoms with E-state index in [1.807, 2.05) is 5.43 Å². The Balaban J connectivity index is 2.89. The Morgan fingerprint density at radius 3 is 2.64 bits per heavy atom. The number of aromatic nitrogens is 1. The summed E-state index contributed by atoms with van der Waals surface area (Å²) < 4.78 is 4.46. The van der Waals surface area contributed by atoms with E-state index in [0.29, 0.717) is 0 Å². The maximum absolute atomic E-state index is 11.0. The van der Waals surface area contributed by atoms with Crippen molar-refractivity contribution in [1.29, 1.82) is 0 Å². The fourth-order valence-corrected chi connectivity index (χ4v) is 0.841. The van der Waals surface area contributed by atoms with Crippen molar-refractivity contribution in [3.8, 4) is 0 Å². The Hall–Kier alpha value is -1.95. The van der Waals surface area contributed by atoms with Crippen molar-refractivity contribution in [2.75, 3.05) is 7.11 Å². The molecule has 0 aromatic carbocycles. The van der Waals surface area contributed by atoms with Crippen LogP contribution in [-0.2, 0) is 4.74 Å². The predicted octanol–water partition coefficient (Wildman–Crippen LogP) is -0.528. The lowest BCUT2D eigenvalue weighted by Crippen LogP contribution is -2.30. The third kappa shape index (κ3) is 2.05. The van der Waals surface area contributed by atoms with Crippen LogP contribution in [0.15, 0.2) is 18.3 Å². The number of amides is 1. The van der Waals surface area contributed by atoms with Gasteiger partial charge in [0.05, 0.1) is 12.7 Å². The number of carbonyl (C=O) groups excluding carboxylic acids is 2. The van der Waals surface area contributed by atoms with Gasteiger partial charge in [-0.3, -0.25) is 15.2 Å². The highest BCUT2D eigenvalue weighted by Gasteiger charge is 2.08. The van der Waals surface area contributed by atoms with E-state index in [2.05, 4.69) is 9.72 Å². The van der Waals surface area contributed by atoms with Gasteiger partial charge in [-0.2, -0.15) is 0 Å². The zero-order valence-electron chi connectivity index (χ0n) is 7.48. The van der Waals surface area contributed by atoms with Crippen molar-refractivity contribution in [3.05, 3.63) is 29.6 Å². The first-order valence-corrected chi connectivity index (χ1v) is 3.74. The van der Waals surface area contributed by atoms with E-state index in [4.69, 9.17) is 5.84 Å². The molecule has 0 unspecified atom stereocenters. The zero-order chi connectivity index (χ0) is 10.6. The second kappa shape index (κ2) is 4.33. The fourth-order valence-electron chi connectivity index (χ4n) is 0.841. The smallest absolute Gasteiger partial charge is 0.339 e. The van der Waals surface area contributed by atoms with Crippen LogP contribution in [0.25, 0.3) is 0 Å². The minimum atomic E-state index is -0.513. The highest BCUT2D eigenvalue weighted by Crippen LogP contribution is 2.01. The van der Waals surface area contributed by atoms with Gasteiger partial charge in [0, 0.05) is 6.20 Å². The van der Waals surface area contributed by atoms with Gasteiger partial charge in [0.15, 0.2) is 0 Å². The monoisotopic (exact) mass is 195 g/mol. The minimum absolute atomic E-state index is 0.139. The van der Waals surface area contributed by atoms with Gasteiger partial charge in [-0.25, -0.2) is 10.6 Å². The van der Waals surface area contributed by atoms with Crippen LogP contribution in [0.4, 0.5) is 0 Å². The molecule has 1 aromatic rings. The van der Waals surface area contributed by atoms with Gasteiger partial charge >= 0.3 is 5.97 Å². The number of rotatable bonds is 2. The molecule has 0 radical (unpaired) electrons. The van der Waals surface area contributed by atoms with E-state index in [9.17, 15) is 9.59 Å². The molecule has 1 heterocycles. The topological polar surface area (TPSA) is 94.3 Å². The third-order valence-electron chi connectivity index (χ3n) is 1.55. The fraction of sp³-hybridized carbons (Fsp3) is 0.125. The molecule has 0 saturated carbocycles. The molecule has 14 heavy (non-hydrogen) atoms. The molecule has 1 rings (SSSR count). The molecule has 0 bridgehead atoms. The van der Waals surface area contributed by atoms with Gasteiger partial charge in [-0.15, -0.1) is 0 Å². The van der Waals surface area contributed by atoms with Crippen molar-refractivity contribution < 1.29 is 14.3 Å². The summed E-state index contributed by atoms with van der Waals surface area (Å²) in [5.41, 5.74) is 2.34. The molecule has 6 heteroatoms. The quantitative estimate of drug-likeness (QED) is 0.286. The molecular formula is C8H9N3O3. The number of nitrogens with two attached hydrogens (primary N) is 1. The van der Waals surface area contributed by atoms with Gasteiger partial charge in [0.2, 0.25) is 0 Å². The van der Waals surface area contributed by atoms with Crippen molar-refractivity contribution in [3.63, 3.8) is 0 Å². The van der Waals surface area contributed by atoms with Crippen molar-refractivity contribution >= 4 is 11.9 Å². The molecule has 0 spiro atoms. The van der Waals surface area contributed by atoms with Crippen LogP contribution in [0, 0.1) is 0 Å². The Bertz CT molecular complexity index is 312. The van der Waals surface area contributed by atoms with Gasteiger partial charge in [0.25, 0.3) is 5.91 Å². The molecule has 0 aliphatic carbocycles. The number of ether oxygens (including phenoxy) is 1. The van der Waals surface area contributed by atoms with Gasteiger partial charge < -0.3 is 4.74 Å². The number of carbonyl (C=O) groups is 2. The first-order chi connectivity index (χ1) is 6.69. The summed E-state index contributed by atoms with van der Waals surface area (Å²) in [5, 5.41) is 0. The average molecular weight is 195 g/mol. The van der Waals surface area contributed by atoms with Crippen LogP contribution in [0.2, 0.25) is 0 Å². The largest absolute Gasteiger partial charge is 0.465 e. The van der Waals surface area contributed by atoms with Crippen LogP contribution in [-0.4, -0.2) is 24.0 Å². The van der Waals surface area contributed by atoms with Crippen molar-refractivity contribution in [2.24, 2.45) is 5.84 Å². The van der Waals surface area contributed by atoms with Crippen LogP contribution in [0.3, 0.4) is 0 Å². The zero-order valence-corrected chi connectivity index (χ0v) is 7.48. The predicted molar refractivity (Wildman–Crippen MR) is 47.2 cm³/mol. The molecular weight excluding hydrogens is 186 g/mol. The van der Waals surface area contributed by atoms with Crippen LogP contribution in [0.1, 0.15) is 20.8 Å². The summed E-state index contributed by atoms with van der Waals surface area (Å²) in [4.78, 5) is 25.7. The molecule has 1 amide bonds. The minimum Gasteiger partial charge on any atom is -0.465 e.